The zero-order valence-corrected chi connectivity index (χ0v) is 13.4. The molecule has 2 rings (SSSR count). The Balaban J connectivity index is 2.08. The summed E-state index contributed by atoms with van der Waals surface area (Å²) in [5.74, 6) is 1.51. The van der Waals surface area contributed by atoms with Gasteiger partial charge in [-0.15, -0.1) is 0 Å². The summed E-state index contributed by atoms with van der Waals surface area (Å²) in [6.45, 7) is 2.18. The van der Waals surface area contributed by atoms with Crippen LogP contribution in [0, 0.1) is 0 Å². The van der Waals surface area contributed by atoms with Gasteiger partial charge in [0, 0.05) is 5.56 Å². The van der Waals surface area contributed by atoms with Crippen molar-refractivity contribution in [2.24, 2.45) is 5.16 Å². The van der Waals surface area contributed by atoms with Crippen molar-refractivity contribution in [2.45, 2.75) is 13.5 Å². The van der Waals surface area contributed by atoms with Gasteiger partial charge in [0.1, 0.15) is 18.1 Å². The van der Waals surface area contributed by atoms with E-state index in [2.05, 4.69) is 21.1 Å². The lowest BCUT2D eigenvalue weighted by Gasteiger charge is -2.09. The van der Waals surface area contributed by atoms with Crippen molar-refractivity contribution in [3.8, 4) is 11.5 Å². The normalized spacial score (nSPS) is 11.3. The van der Waals surface area contributed by atoms with Crippen molar-refractivity contribution in [1.82, 2.24) is 0 Å². The first-order valence-corrected chi connectivity index (χ1v) is 7.17. The second-order valence-corrected chi connectivity index (χ2v) is 5.33. The fraction of sp³-hybridized carbons (Fsp3) is 0.188. The summed E-state index contributed by atoms with van der Waals surface area (Å²) in [5, 5.41) is 12.0. The Morgan fingerprint density at radius 1 is 1.24 bits per heavy atom. The first-order chi connectivity index (χ1) is 10.1. The number of hydrogen-bond donors (Lipinski definition) is 1. The summed E-state index contributed by atoms with van der Waals surface area (Å²) >= 11 is 3.45. The quantitative estimate of drug-likeness (QED) is 0.499. The molecule has 0 unspecified atom stereocenters. The van der Waals surface area contributed by atoms with E-state index in [0.29, 0.717) is 12.3 Å². The number of halogens is 1. The van der Waals surface area contributed by atoms with E-state index in [1.54, 1.807) is 14.0 Å². The molecule has 0 aromatic heterocycles. The summed E-state index contributed by atoms with van der Waals surface area (Å²) in [7, 11) is 1.63. The van der Waals surface area contributed by atoms with Crippen molar-refractivity contribution < 1.29 is 14.7 Å². The lowest BCUT2D eigenvalue weighted by Crippen LogP contribution is -1.99. The number of hydrogen-bond acceptors (Lipinski definition) is 4. The molecule has 0 radical (unpaired) electrons. The minimum Gasteiger partial charge on any atom is -0.496 e. The van der Waals surface area contributed by atoms with Gasteiger partial charge in [0.25, 0.3) is 0 Å². The van der Waals surface area contributed by atoms with Crippen LogP contribution in [0.25, 0.3) is 0 Å². The van der Waals surface area contributed by atoms with Crippen LogP contribution >= 0.6 is 15.9 Å². The van der Waals surface area contributed by atoms with E-state index in [1.807, 2.05) is 42.5 Å². The molecule has 0 saturated heterocycles. The fourth-order valence-corrected chi connectivity index (χ4v) is 2.42. The highest BCUT2D eigenvalue weighted by Crippen LogP contribution is 2.26. The number of oxime groups is 1. The zero-order valence-electron chi connectivity index (χ0n) is 11.8. The maximum atomic E-state index is 8.80. The molecule has 1 N–H and O–H groups in total. The average molecular weight is 350 g/mol. The van der Waals surface area contributed by atoms with Crippen LogP contribution in [0.1, 0.15) is 18.1 Å². The lowest BCUT2D eigenvalue weighted by molar-refractivity contribution is 0.305. The Morgan fingerprint density at radius 2 is 2.05 bits per heavy atom. The highest BCUT2D eigenvalue weighted by Gasteiger charge is 2.04. The van der Waals surface area contributed by atoms with Crippen LogP contribution in [-0.2, 0) is 6.61 Å². The molecule has 0 heterocycles. The highest BCUT2D eigenvalue weighted by molar-refractivity contribution is 9.10. The van der Waals surface area contributed by atoms with Gasteiger partial charge in [-0.1, -0.05) is 23.4 Å². The SMILES string of the molecule is COc1ccc(COc2cccc(C(C)=NO)c2)cc1Br. The van der Waals surface area contributed by atoms with Crippen molar-refractivity contribution in [3.05, 3.63) is 58.1 Å². The van der Waals surface area contributed by atoms with Gasteiger partial charge in [0.15, 0.2) is 0 Å². The molecule has 0 aliphatic heterocycles. The Hall–Kier alpha value is -2.01. The second kappa shape index (κ2) is 7.13. The topological polar surface area (TPSA) is 51.0 Å². The predicted octanol–water partition coefficient (Wildman–Crippen LogP) is 4.23. The molecule has 4 nitrogen and oxygen atoms in total. The molecule has 0 aliphatic rings. The number of benzene rings is 2. The van der Waals surface area contributed by atoms with E-state index in [4.69, 9.17) is 14.7 Å². The first-order valence-electron chi connectivity index (χ1n) is 6.38. The molecule has 5 heteroatoms. The molecule has 0 saturated carbocycles. The minimum atomic E-state index is 0.446. The Labute approximate surface area is 132 Å². The molecule has 0 spiro atoms. The van der Waals surface area contributed by atoms with Crippen LogP contribution in [0.3, 0.4) is 0 Å². The Kier molecular flexibility index (Phi) is 5.22. The van der Waals surface area contributed by atoms with E-state index in [1.165, 1.54) is 0 Å². The van der Waals surface area contributed by atoms with Gasteiger partial charge in [-0.25, -0.2) is 0 Å². The third kappa shape index (κ3) is 3.98. The summed E-state index contributed by atoms with van der Waals surface area (Å²) in [6, 6.07) is 13.2. The van der Waals surface area contributed by atoms with Crippen LogP contribution in [0.15, 0.2) is 52.1 Å². The molecule has 0 aliphatic carbocycles. The van der Waals surface area contributed by atoms with E-state index in [9.17, 15) is 0 Å². The van der Waals surface area contributed by atoms with Gasteiger partial charge in [0.2, 0.25) is 0 Å². The van der Waals surface area contributed by atoms with Crippen LogP contribution < -0.4 is 9.47 Å². The molecule has 2 aromatic rings. The third-order valence-electron chi connectivity index (χ3n) is 3.02. The maximum Gasteiger partial charge on any atom is 0.133 e. The summed E-state index contributed by atoms with van der Waals surface area (Å²) in [6.07, 6.45) is 0. The van der Waals surface area contributed by atoms with Gasteiger partial charge in [-0.3, -0.25) is 0 Å². The minimum absolute atomic E-state index is 0.446. The molecule has 0 atom stereocenters. The zero-order chi connectivity index (χ0) is 15.2. The second-order valence-electron chi connectivity index (χ2n) is 4.47. The molecule has 21 heavy (non-hydrogen) atoms. The standard InChI is InChI=1S/C16H16BrNO3/c1-11(18-19)13-4-3-5-14(9-13)21-10-12-6-7-16(20-2)15(17)8-12/h3-9,19H,10H2,1-2H3. The molecule has 0 fully saturated rings. The summed E-state index contributed by atoms with van der Waals surface area (Å²) < 4.78 is 11.8. The molecule has 0 amide bonds. The molecule has 110 valence electrons. The van der Waals surface area contributed by atoms with Gasteiger partial charge in [-0.2, -0.15) is 0 Å². The van der Waals surface area contributed by atoms with E-state index in [-0.39, 0.29) is 0 Å². The largest absolute Gasteiger partial charge is 0.496 e. The maximum absolute atomic E-state index is 8.80. The molecule has 2 aromatic carbocycles. The number of ether oxygens (including phenoxy) is 2. The number of nitrogens with zero attached hydrogens (tertiary/aromatic N) is 1. The third-order valence-corrected chi connectivity index (χ3v) is 3.64. The van der Waals surface area contributed by atoms with Crippen molar-refractivity contribution in [3.63, 3.8) is 0 Å². The highest BCUT2D eigenvalue weighted by atomic mass is 79.9. The van der Waals surface area contributed by atoms with Crippen LogP contribution in [0.4, 0.5) is 0 Å². The van der Waals surface area contributed by atoms with Gasteiger partial charge in [-0.05, 0) is 52.7 Å². The molecular weight excluding hydrogens is 334 g/mol. The molecular formula is C16H16BrNO3. The first kappa shape index (κ1) is 15.4. The van der Waals surface area contributed by atoms with Crippen molar-refractivity contribution in [2.75, 3.05) is 7.11 Å². The Morgan fingerprint density at radius 3 is 2.71 bits per heavy atom. The Bertz CT molecular complexity index is 656. The average Bonchev–Trinajstić information content (AvgIpc) is 2.52. The number of methoxy groups -OCH3 is 1. The number of rotatable bonds is 5. The van der Waals surface area contributed by atoms with Gasteiger partial charge < -0.3 is 14.7 Å². The predicted molar refractivity (Wildman–Crippen MR) is 85.5 cm³/mol. The lowest BCUT2D eigenvalue weighted by atomic mass is 10.1. The van der Waals surface area contributed by atoms with Crippen LogP contribution in [0.5, 0.6) is 11.5 Å². The van der Waals surface area contributed by atoms with Gasteiger partial charge >= 0.3 is 0 Å². The molecule has 0 bridgehead atoms. The van der Waals surface area contributed by atoms with E-state index in [0.717, 1.165) is 27.1 Å². The van der Waals surface area contributed by atoms with Crippen LogP contribution in [0.2, 0.25) is 0 Å². The van der Waals surface area contributed by atoms with Gasteiger partial charge in [0.05, 0.1) is 17.3 Å². The smallest absolute Gasteiger partial charge is 0.133 e. The van der Waals surface area contributed by atoms with Crippen molar-refractivity contribution in [1.29, 1.82) is 0 Å². The summed E-state index contributed by atoms with van der Waals surface area (Å²) in [5.41, 5.74) is 2.40. The van der Waals surface area contributed by atoms with Crippen LogP contribution in [-0.4, -0.2) is 18.0 Å². The van der Waals surface area contributed by atoms with E-state index < -0.39 is 0 Å². The fourth-order valence-electron chi connectivity index (χ4n) is 1.84. The van der Waals surface area contributed by atoms with E-state index >= 15 is 0 Å². The monoisotopic (exact) mass is 349 g/mol. The van der Waals surface area contributed by atoms with Crippen molar-refractivity contribution >= 4 is 21.6 Å². The summed E-state index contributed by atoms with van der Waals surface area (Å²) in [4.78, 5) is 0.